The highest BCUT2D eigenvalue weighted by Gasteiger charge is 1.99. The number of hydrazine groups is 1. The lowest BCUT2D eigenvalue weighted by Crippen LogP contribution is -2.30. The highest BCUT2D eigenvalue weighted by molar-refractivity contribution is 5.75. The molecule has 0 bridgehead atoms. The zero-order valence-electron chi connectivity index (χ0n) is 9.12. The highest BCUT2D eigenvalue weighted by atomic mass is 16.2. The molecule has 0 aromatic heterocycles. The summed E-state index contributed by atoms with van der Waals surface area (Å²) in [5, 5.41) is 0. The molecule has 0 saturated heterocycles. The molecule has 1 rings (SSSR count). The first-order valence-electron chi connectivity index (χ1n) is 5.33. The molecular formula is C12H18N2O. The van der Waals surface area contributed by atoms with Crippen molar-refractivity contribution in [3.63, 3.8) is 0 Å². The summed E-state index contributed by atoms with van der Waals surface area (Å²) < 4.78 is 0. The maximum absolute atomic E-state index is 10.9. The third-order valence-electron chi connectivity index (χ3n) is 2.36. The van der Waals surface area contributed by atoms with Gasteiger partial charge in [0.25, 0.3) is 0 Å². The van der Waals surface area contributed by atoms with Gasteiger partial charge in [0.15, 0.2) is 0 Å². The molecule has 1 aromatic carbocycles. The number of benzene rings is 1. The van der Waals surface area contributed by atoms with Gasteiger partial charge >= 0.3 is 0 Å². The van der Waals surface area contributed by atoms with Crippen LogP contribution in [0.1, 0.15) is 30.9 Å². The Morgan fingerprint density at radius 1 is 1.20 bits per heavy atom. The number of nitrogens with one attached hydrogen (secondary N) is 1. The molecule has 15 heavy (non-hydrogen) atoms. The van der Waals surface area contributed by atoms with Crippen LogP contribution in [-0.4, -0.2) is 5.91 Å². The van der Waals surface area contributed by atoms with Crippen molar-refractivity contribution in [1.82, 2.24) is 5.43 Å². The van der Waals surface area contributed by atoms with Gasteiger partial charge in [-0.25, -0.2) is 5.84 Å². The van der Waals surface area contributed by atoms with E-state index in [4.69, 9.17) is 5.84 Å². The van der Waals surface area contributed by atoms with Crippen LogP contribution in [0.3, 0.4) is 0 Å². The molecule has 0 fully saturated rings. The van der Waals surface area contributed by atoms with Crippen LogP contribution in [0, 0.1) is 0 Å². The molecule has 0 unspecified atom stereocenters. The van der Waals surface area contributed by atoms with Gasteiger partial charge in [-0.05, 0) is 24.0 Å². The smallest absolute Gasteiger partial charge is 0.234 e. The Morgan fingerprint density at radius 2 is 1.73 bits per heavy atom. The van der Waals surface area contributed by atoms with Gasteiger partial charge < -0.3 is 0 Å². The normalized spacial score (nSPS) is 10.0. The quantitative estimate of drug-likeness (QED) is 0.436. The molecule has 0 aliphatic carbocycles. The molecule has 0 aliphatic heterocycles. The van der Waals surface area contributed by atoms with Crippen LogP contribution in [0.15, 0.2) is 24.3 Å². The second kappa shape index (κ2) is 6.19. The molecule has 0 spiro atoms. The van der Waals surface area contributed by atoms with E-state index in [1.807, 2.05) is 0 Å². The average Bonchev–Trinajstić information content (AvgIpc) is 2.28. The monoisotopic (exact) mass is 206 g/mol. The van der Waals surface area contributed by atoms with Crippen LogP contribution in [0.25, 0.3) is 0 Å². The van der Waals surface area contributed by atoms with E-state index >= 15 is 0 Å². The fourth-order valence-corrected chi connectivity index (χ4v) is 1.49. The summed E-state index contributed by atoms with van der Waals surface area (Å²) >= 11 is 0. The minimum absolute atomic E-state index is 0.118. The van der Waals surface area contributed by atoms with E-state index in [0.717, 1.165) is 19.3 Å². The van der Waals surface area contributed by atoms with Crippen molar-refractivity contribution < 1.29 is 4.79 Å². The van der Waals surface area contributed by atoms with Gasteiger partial charge in [-0.1, -0.05) is 37.6 Å². The minimum atomic E-state index is -0.118. The number of amides is 1. The predicted octanol–water partition coefficient (Wildman–Crippen LogP) is 1.56. The van der Waals surface area contributed by atoms with Crippen molar-refractivity contribution in [1.29, 1.82) is 0 Å². The number of carbonyl (C=O) groups excluding carboxylic acids is 1. The van der Waals surface area contributed by atoms with Gasteiger partial charge in [0.2, 0.25) is 5.91 Å². The first-order valence-corrected chi connectivity index (χ1v) is 5.33. The lowest BCUT2D eigenvalue weighted by molar-refractivity contribution is -0.121. The van der Waals surface area contributed by atoms with E-state index in [2.05, 4.69) is 36.6 Å². The summed E-state index contributed by atoms with van der Waals surface area (Å²) in [5.74, 6) is 4.88. The maximum atomic E-state index is 10.9. The number of hydrogen-bond donors (Lipinski definition) is 2. The Bertz CT molecular complexity index is 306. The van der Waals surface area contributed by atoms with Crippen molar-refractivity contribution in [2.24, 2.45) is 5.84 Å². The maximum Gasteiger partial charge on any atom is 0.234 e. The van der Waals surface area contributed by atoms with Crippen LogP contribution in [0.5, 0.6) is 0 Å². The summed E-state index contributed by atoms with van der Waals surface area (Å²) in [4.78, 5) is 10.9. The zero-order chi connectivity index (χ0) is 11.1. The molecule has 0 saturated carbocycles. The molecule has 0 radical (unpaired) electrons. The minimum Gasteiger partial charge on any atom is -0.294 e. The topological polar surface area (TPSA) is 55.1 Å². The Labute approximate surface area is 90.6 Å². The van der Waals surface area contributed by atoms with Gasteiger partial charge in [0, 0.05) is 6.42 Å². The van der Waals surface area contributed by atoms with E-state index in [1.165, 1.54) is 11.1 Å². The van der Waals surface area contributed by atoms with Gasteiger partial charge in [-0.2, -0.15) is 0 Å². The van der Waals surface area contributed by atoms with Gasteiger partial charge in [-0.3, -0.25) is 10.2 Å². The molecule has 0 aliphatic rings. The van der Waals surface area contributed by atoms with Crippen molar-refractivity contribution >= 4 is 5.91 Å². The third-order valence-corrected chi connectivity index (χ3v) is 2.36. The number of nitrogens with two attached hydrogens (primary N) is 1. The predicted molar refractivity (Wildman–Crippen MR) is 61.1 cm³/mol. The third kappa shape index (κ3) is 4.13. The SMILES string of the molecule is CCCc1ccc(CCC(=O)NN)cc1. The number of rotatable bonds is 5. The lowest BCUT2D eigenvalue weighted by atomic mass is 10.0. The summed E-state index contributed by atoms with van der Waals surface area (Å²) in [6.45, 7) is 2.17. The fraction of sp³-hybridized carbons (Fsp3) is 0.417. The molecule has 3 heteroatoms. The zero-order valence-corrected chi connectivity index (χ0v) is 9.12. The second-order valence-corrected chi connectivity index (χ2v) is 3.63. The summed E-state index contributed by atoms with van der Waals surface area (Å²) in [6, 6.07) is 8.40. The molecule has 1 amide bonds. The van der Waals surface area contributed by atoms with Gasteiger partial charge in [-0.15, -0.1) is 0 Å². The molecule has 0 heterocycles. The Balaban J connectivity index is 2.45. The second-order valence-electron chi connectivity index (χ2n) is 3.63. The van der Waals surface area contributed by atoms with Crippen molar-refractivity contribution in [2.45, 2.75) is 32.6 Å². The number of carbonyl (C=O) groups is 1. The fourth-order valence-electron chi connectivity index (χ4n) is 1.49. The Kier molecular flexibility index (Phi) is 4.84. The van der Waals surface area contributed by atoms with Crippen LogP contribution >= 0.6 is 0 Å². The van der Waals surface area contributed by atoms with Crippen molar-refractivity contribution in [2.75, 3.05) is 0 Å². The molecule has 0 atom stereocenters. The van der Waals surface area contributed by atoms with Crippen LogP contribution in [0.4, 0.5) is 0 Å². The summed E-state index contributed by atoms with van der Waals surface area (Å²) in [5.41, 5.74) is 4.66. The largest absolute Gasteiger partial charge is 0.294 e. The Hall–Kier alpha value is -1.35. The van der Waals surface area contributed by atoms with E-state index in [9.17, 15) is 4.79 Å². The first kappa shape index (κ1) is 11.7. The first-order chi connectivity index (χ1) is 7.26. The van der Waals surface area contributed by atoms with Gasteiger partial charge in [0.1, 0.15) is 0 Å². The molecule has 1 aromatic rings. The number of hydrogen-bond acceptors (Lipinski definition) is 2. The summed E-state index contributed by atoms with van der Waals surface area (Å²) in [7, 11) is 0. The van der Waals surface area contributed by atoms with E-state index in [0.29, 0.717) is 6.42 Å². The van der Waals surface area contributed by atoms with E-state index < -0.39 is 0 Å². The molecule has 3 nitrogen and oxygen atoms in total. The van der Waals surface area contributed by atoms with Crippen molar-refractivity contribution in [3.8, 4) is 0 Å². The molecule has 3 N–H and O–H groups in total. The number of aryl methyl sites for hydroxylation is 2. The van der Waals surface area contributed by atoms with Crippen molar-refractivity contribution in [3.05, 3.63) is 35.4 Å². The summed E-state index contributed by atoms with van der Waals surface area (Å²) in [6.07, 6.45) is 3.47. The van der Waals surface area contributed by atoms with E-state index in [1.54, 1.807) is 0 Å². The lowest BCUT2D eigenvalue weighted by Gasteiger charge is -2.02. The average molecular weight is 206 g/mol. The molecular weight excluding hydrogens is 188 g/mol. The van der Waals surface area contributed by atoms with Crippen LogP contribution < -0.4 is 11.3 Å². The van der Waals surface area contributed by atoms with Gasteiger partial charge in [0.05, 0.1) is 0 Å². The van der Waals surface area contributed by atoms with E-state index in [-0.39, 0.29) is 5.91 Å². The van der Waals surface area contributed by atoms with Crippen LogP contribution in [-0.2, 0) is 17.6 Å². The molecule has 82 valence electrons. The van der Waals surface area contributed by atoms with Crippen LogP contribution in [0.2, 0.25) is 0 Å². The Morgan fingerprint density at radius 3 is 2.20 bits per heavy atom. The standard InChI is InChI=1S/C12H18N2O/c1-2-3-10-4-6-11(7-5-10)8-9-12(15)14-13/h4-7H,2-3,8-9,13H2,1H3,(H,14,15). The highest BCUT2D eigenvalue weighted by Crippen LogP contribution is 2.08.